The van der Waals surface area contributed by atoms with Crippen molar-refractivity contribution in [2.75, 3.05) is 0 Å². The van der Waals surface area contributed by atoms with Crippen LogP contribution in [0.1, 0.15) is 39.9 Å². The van der Waals surface area contributed by atoms with Crippen LogP contribution in [-0.4, -0.2) is 26.4 Å². The van der Waals surface area contributed by atoms with E-state index in [1.54, 1.807) is 18.1 Å². The first-order chi connectivity index (χ1) is 13.7. The van der Waals surface area contributed by atoms with Crippen LogP contribution < -0.4 is 5.43 Å². The second-order valence-corrected chi connectivity index (χ2v) is 7.66. The number of amides is 1. The van der Waals surface area contributed by atoms with Crippen LogP contribution in [0, 0.1) is 0 Å². The van der Waals surface area contributed by atoms with Crippen molar-refractivity contribution in [3.63, 3.8) is 0 Å². The molecule has 0 aliphatic heterocycles. The third-order valence-electron chi connectivity index (χ3n) is 4.73. The van der Waals surface area contributed by atoms with Crippen LogP contribution in [0.5, 0.6) is 0 Å². The fraction of sp³-hybridized carbons (Fsp3) is 0.238. The van der Waals surface area contributed by atoms with Gasteiger partial charge in [-0.25, -0.2) is 5.43 Å². The van der Waals surface area contributed by atoms with Gasteiger partial charge in [-0.05, 0) is 42.5 Å². The van der Waals surface area contributed by atoms with Crippen molar-refractivity contribution in [1.82, 2.24) is 20.2 Å². The van der Waals surface area contributed by atoms with E-state index in [-0.39, 0.29) is 5.91 Å². The monoisotopic (exact) mass is 391 g/mol. The molecular weight excluding hydrogens is 370 g/mol. The molecule has 0 saturated carbocycles. The molecule has 0 saturated heterocycles. The van der Waals surface area contributed by atoms with Gasteiger partial charge in [0.1, 0.15) is 6.33 Å². The summed E-state index contributed by atoms with van der Waals surface area (Å²) in [4.78, 5) is 12.5. The van der Waals surface area contributed by atoms with Crippen LogP contribution in [-0.2, 0) is 19.2 Å². The first kappa shape index (κ1) is 18.4. The van der Waals surface area contributed by atoms with E-state index in [1.165, 1.54) is 5.56 Å². The lowest BCUT2D eigenvalue weighted by atomic mass is 9.90. The number of hydrogen-bond donors (Lipinski definition) is 1. The van der Waals surface area contributed by atoms with Crippen LogP contribution in [0.2, 0.25) is 0 Å². The lowest BCUT2D eigenvalue weighted by molar-refractivity contribution is 0.0954. The van der Waals surface area contributed by atoms with E-state index >= 15 is 0 Å². The molecule has 1 aliphatic rings. The molecule has 0 atom stereocenters. The Labute approximate surface area is 168 Å². The lowest BCUT2D eigenvalue weighted by Gasteiger charge is -2.17. The molecule has 4 rings (SSSR count). The number of carbonyl (C=O) groups excluding carboxylic acids is 1. The summed E-state index contributed by atoms with van der Waals surface area (Å²) in [7, 11) is 1.92. The van der Waals surface area contributed by atoms with Crippen molar-refractivity contribution in [2.45, 2.75) is 30.2 Å². The van der Waals surface area contributed by atoms with E-state index in [0.29, 0.717) is 5.56 Å². The summed E-state index contributed by atoms with van der Waals surface area (Å²) in [5.41, 5.74) is 7.83. The topological polar surface area (TPSA) is 72.2 Å². The molecule has 28 heavy (non-hydrogen) atoms. The van der Waals surface area contributed by atoms with Gasteiger partial charge in [0.25, 0.3) is 5.91 Å². The Hall–Kier alpha value is -2.93. The van der Waals surface area contributed by atoms with E-state index in [1.807, 2.05) is 48.0 Å². The molecule has 1 amide bonds. The Morgan fingerprint density at radius 1 is 1.18 bits per heavy atom. The van der Waals surface area contributed by atoms with Gasteiger partial charge in [-0.2, -0.15) is 5.10 Å². The quantitative estimate of drug-likeness (QED) is 0.533. The van der Waals surface area contributed by atoms with E-state index in [2.05, 4.69) is 32.9 Å². The minimum Gasteiger partial charge on any atom is -0.312 e. The van der Waals surface area contributed by atoms with Gasteiger partial charge in [0.2, 0.25) is 0 Å². The molecule has 7 heteroatoms. The summed E-state index contributed by atoms with van der Waals surface area (Å²) in [6, 6.07) is 15.8. The Kier molecular flexibility index (Phi) is 5.53. The number of aromatic nitrogens is 3. The number of nitrogens with zero attached hydrogens (tertiary/aromatic N) is 4. The van der Waals surface area contributed by atoms with E-state index in [0.717, 1.165) is 47.0 Å². The van der Waals surface area contributed by atoms with Gasteiger partial charge in [0.05, 0.1) is 5.71 Å². The normalized spacial score (nSPS) is 14.7. The molecule has 1 aromatic heterocycles. The fourth-order valence-electron chi connectivity index (χ4n) is 3.20. The molecule has 0 bridgehead atoms. The highest BCUT2D eigenvalue weighted by Crippen LogP contribution is 2.22. The maximum absolute atomic E-state index is 12.5. The zero-order chi connectivity index (χ0) is 19.3. The van der Waals surface area contributed by atoms with Gasteiger partial charge in [-0.3, -0.25) is 4.79 Å². The number of nitrogens with one attached hydrogen (secondary N) is 1. The first-order valence-electron chi connectivity index (χ1n) is 9.21. The second kappa shape index (κ2) is 8.39. The molecule has 142 valence electrons. The summed E-state index contributed by atoms with van der Waals surface area (Å²) in [5, 5.41) is 13.2. The minimum absolute atomic E-state index is 0.192. The van der Waals surface area contributed by atoms with Gasteiger partial charge in [-0.1, -0.05) is 48.2 Å². The van der Waals surface area contributed by atoms with Gasteiger partial charge in [-0.15, -0.1) is 10.2 Å². The van der Waals surface area contributed by atoms with Crippen LogP contribution in [0.4, 0.5) is 0 Å². The Bertz CT molecular complexity index is 1010. The number of thioether (sulfide) groups is 1. The van der Waals surface area contributed by atoms with Crippen LogP contribution in [0.15, 0.2) is 65.1 Å². The van der Waals surface area contributed by atoms with Gasteiger partial charge < -0.3 is 4.57 Å². The van der Waals surface area contributed by atoms with E-state index in [9.17, 15) is 4.79 Å². The molecule has 0 spiro atoms. The van der Waals surface area contributed by atoms with E-state index < -0.39 is 0 Å². The minimum atomic E-state index is -0.192. The van der Waals surface area contributed by atoms with Gasteiger partial charge in [0, 0.05) is 23.9 Å². The smallest absolute Gasteiger partial charge is 0.271 e. The number of aryl methyl sites for hydroxylation is 2. The number of benzene rings is 2. The number of fused-ring (bicyclic) bond motifs is 1. The largest absolute Gasteiger partial charge is 0.312 e. The number of hydrazone groups is 1. The molecule has 6 nitrogen and oxygen atoms in total. The highest BCUT2D eigenvalue weighted by molar-refractivity contribution is 7.98. The summed E-state index contributed by atoms with van der Waals surface area (Å²) in [5.74, 6) is 0.580. The zero-order valence-corrected chi connectivity index (χ0v) is 16.4. The third-order valence-corrected chi connectivity index (χ3v) is 5.84. The molecule has 3 aromatic rings. The van der Waals surface area contributed by atoms with Crippen molar-refractivity contribution < 1.29 is 4.79 Å². The molecule has 2 aromatic carbocycles. The second-order valence-electron chi connectivity index (χ2n) is 6.72. The van der Waals surface area contributed by atoms with E-state index in [4.69, 9.17) is 0 Å². The average molecular weight is 392 g/mol. The molecule has 0 fully saturated rings. The highest BCUT2D eigenvalue weighted by Gasteiger charge is 2.15. The predicted octanol–water partition coefficient (Wildman–Crippen LogP) is 3.58. The van der Waals surface area contributed by atoms with Crippen LogP contribution in [0.3, 0.4) is 0 Å². The third kappa shape index (κ3) is 4.14. The summed E-state index contributed by atoms with van der Waals surface area (Å²) in [6.45, 7) is 0. The van der Waals surface area contributed by atoms with Crippen LogP contribution in [0.25, 0.3) is 0 Å². The SMILES string of the molecule is Cn1cnnc1SCc1ccc(C(=O)NN=C2CCCc3ccccc32)cc1. The van der Waals surface area contributed by atoms with Crippen molar-refractivity contribution in [3.05, 3.63) is 77.1 Å². The Morgan fingerprint density at radius 3 is 2.79 bits per heavy atom. The van der Waals surface area contributed by atoms with Crippen LogP contribution >= 0.6 is 11.8 Å². The Morgan fingerprint density at radius 2 is 2.00 bits per heavy atom. The molecule has 1 N–H and O–H groups in total. The lowest BCUT2D eigenvalue weighted by Crippen LogP contribution is -2.22. The molecule has 0 unspecified atom stereocenters. The average Bonchev–Trinajstić information content (AvgIpc) is 3.15. The number of carbonyl (C=O) groups is 1. The maximum atomic E-state index is 12.5. The van der Waals surface area contributed by atoms with Crippen molar-refractivity contribution in [2.24, 2.45) is 12.1 Å². The first-order valence-corrected chi connectivity index (χ1v) is 10.2. The number of hydrogen-bond acceptors (Lipinski definition) is 5. The predicted molar refractivity (Wildman–Crippen MR) is 110 cm³/mol. The Balaban J connectivity index is 1.38. The summed E-state index contributed by atoms with van der Waals surface area (Å²) < 4.78 is 1.88. The van der Waals surface area contributed by atoms with Crippen molar-refractivity contribution in [3.8, 4) is 0 Å². The fourth-order valence-corrected chi connectivity index (χ4v) is 4.05. The summed E-state index contributed by atoms with van der Waals surface area (Å²) >= 11 is 1.61. The molecule has 0 radical (unpaired) electrons. The van der Waals surface area contributed by atoms with Gasteiger partial charge in [0.15, 0.2) is 5.16 Å². The zero-order valence-electron chi connectivity index (χ0n) is 15.6. The highest BCUT2D eigenvalue weighted by atomic mass is 32.2. The van der Waals surface area contributed by atoms with Gasteiger partial charge >= 0.3 is 0 Å². The van der Waals surface area contributed by atoms with Crippen molar-refractivity contribution in [1.29, 1.82) is 0 Å². The van der Waals surface area contributed by atoms with Crippen molar-refractivity contribution >= 4 is 23.4 Å². The standard InChI is InChI=1S/C21H21N5OS/c1-26-14-22-25-21(26)28-13-15-9-11-17(12-10-15)20(27)24-23-19-8-4-6-16-5-2-3-7-18(16)19/h2-3,5,7,9-12,14H,4,6,8,13H2,1H3,(H,24,27). The molecule has 1 aliphatic carbocycles. The summed E-state index contributed by atoms with van der Waals surface area (Å²) in [6.07, 6.45) is 4.69. The maximum Gasteiger partial charge on any atom is 0.271 e. The molecular formula is C21H21N5OS. The molecule has 1 heterocycles. The number of rotatable bonds is 5.